The van der Waals surface area contributed by atoms with E-state index < -0.39 is 16.4 Å². The van der Waals surface area contributed by atoms with Crippen LogP contribution in [-0.2, 0) is 0 Å². The molecule has 0 fully saturated rings. The molecule has 2 N–H and O–H groups in total. The van der Waals surface area contributed by atoms with Gasteiger partial charge in [-0.1, -0.05) is 6.92 Å². The van der Waals surface area contributed by atoms with Crippen LogP contribution in [0.3, 0.4) is 0 Å². The van der Waals surface area contributed by atoms with Crippen molar-refractivity contribution >= 4 is 23.4 Å². The first-order chi connectivity index (χ1) is 9.36. The van der Waals surface area contributed by atoms with E-state index in [2.05, 4.69) is 5.32 Å². The molecule has 0 aliphatic rings. The van der Waals surface area contributed by atoms with Gasteiger partial charge in [0.2, 0.25) is 0 Å². The average Bonchev–Trinajstić information content (AvgIpc) is 2.46. The molecule has 1 aromatic rings. The summed E-state index contributed by atoms with van der Waals surface area (Å²) in [5.74, 6) is -0.550. The lowest BCUT2D eigenvalue weighted by Crippen LogP contribution is -2.48. The van der Waals surface area contributed by atoms with Gasteiger partial charge in [-0.2, -0.15) is 0 Å². The fourth-order valence-corrected chi connectivity index (χ4v) is 2.00. The molecule has 20 heavy (non-hydrogen) atoms. The summed E-state index contributed by atoms with van der Waals surface area (Å²) in [6, 6.07) is 4.42. The van der Waals surface area contributed by atoms with Crippen molar-refractivity contribution in [2.45, 2.75) is 30.7 Å². The predicted molar refractivity (Wildman–Crippen MR) is 78.1 cm³/mol. The first-order valence-electron chi connectivity index (χ1n) is 6.12. The number of aliphatic hydroxyl groups excluding tert-OH is 1. The third-order valence-corrected chi connectivity index (χ3v) is 3.91. The van der Waals surface area contributed by atoms with Crippen LogP contribution < -0.4 is 5.32 Å². The van der Waals surface area contributed by atoms with Crippen molar-refractivity contribution in [2.24, 2.45) is 0 Å². The molecular formula is C13H18N2O4S. The van der Waals surface area contributed by atoms with Crippen molar-refractivity contribution in [3.05, 3.63) is 33.9 Å². The Kier molecular flexibility index (Phi) is 5.52. The number of nitrogens with zero attached hydrogens (tertiary/aromatic N) is 1. The third kappa shape index (κ3) is 3.71. The second-order valence-electron chi connectivity index (χ2n) is 4.67. The summed E-state index contributed by atoms with van der Waals surface area (Å²) in [4.78, 5) is 23.4. The standard InChI is InChI=1S/C13H18N2O4S/c1-4-13(2,8-16)14-12(17)10-7-9(20-3)5-6-11(10)15(18)19/h5-7,16H,4,8H2,1-3H3,(H,14,17). The normalized spacial score (nSPS) is 13.6. The molecule has 1 rings (SSSR count). The number of hydrogen-bond donors (Lipinski definition) is 2. The van der Waals surface area contributed by atoms with Gasteiger partial charge in [0, 0.05) is 11.0 Å². The van der Waals surface area contributed by atoms with Crippen molar-refractivity contribution in [1.29, 1.82) is 0 Å². The van der Waals surface area contributed by atoms with E-state index in [1.807, 2.05) is 13.2 Å². The molecule has 0 aromatic heterocycles. The van der Waals surface area contributed by atoms with E-state index in [0.29, 0.717) is 6.42 Å². The number of hydrogen-bond acceptors (Lipinski definition) is 5. The van der Waals surface area contributed by atoms with Crippen LogP contribution >= 0.6 is 11.8 Å². The number of carbonyl (C=O) groups excluding carboxylic acids is 1. The molecule has 1 aromatic carbocycles. The molecule has 0 aliphatic heterocycles. The first-order valence-corrected chi connectivity index (χ1v) is 7.35. The van der Waals surface area contributed by atoms with Gasteiger partial charge in [0.1, 0.15) is 5.56 Å². The lowest BCUT2D eigenvalue weighted by atomic mass is 9.99. The third-order valence-electron chi connectivity index (χ3n) is 3.19. The second kappa shape index (κ2) is 6.71. The van der Waals surface area contributed by atoms with Crippen molar-refractivity contribution in [3.63, 3.8) is 0 Å². The lowest BCUT2D eigenvalue weighted by molar-refractivity contribution is -0.385. The van der Waals surface area contributed by atoms with Crippen LogP contribution in [0.5, 0.6) is 0 Å². The number of aliphatic hydroxyl groups is 1. The van der Waals surface area contributed by atoms with Gasteiger partial charge in [-0.05, 0) is 31.7 Å². The van der Waals surface area contributed by atoms with Crippen LogP contribution in [0, 0.1) is 10.1 Å². The highest BCUT2D eigenvalue weighted by Crippen LogP contribution is 2.25. The summed E-state index contributed by atoms with van der Waals surface area (Å²) < 4.78 is 0. The molecule has 1 unspecified atom stereocenters. The highest BCUT2D eigenvalue weighted by Gasteiger charge is 2.28. The molecule has 0 heterocycles. The Morgan fingerprint density at radius 3 is 2.65 bits per heavy atom. The molecule has 1 atom stereocenters. The summed E-state index contributed by atoms with van der Waals surface area (Å²) in [5, 5.41) is 23.0. The van der Waals surface area contributed by atoms with Gasteiger partial charge >= 0.3 is 0 Å². The van der Waals surface area contributed by atoms with Gasteiger partial charge < -0.3 is 10.4 Å². The number of benzene rings is 1. The number of nitro benzene ring substituents is 1. The fraction of sp³-hybridized carbons (Fsp3) is 0.462. The zero-order valence-electron chi connectivity index (χ0n) is 11.7. The van der Waals surface area contributed by atoms with Crippen LogP contribution in [0.15, 0.2) is 23.1 Å². The number of amides is 1. The number of rotatable bonds is 6. The van der Waals surface area contributed by atoms with Gasteiger partial charge in [-0.3, -0.25) is 14.9 Å². The maximum Gasteiger partial charge on any atom is 0.282 e. The summed E-state index contributed by atoms with van der Waals surface area (Å²) in [5.41, 5.74) is -1.02. The van der Waals surface area contributed by atoms with E-state index in [-0.39, 0.29) is 17.9 Å². The van der Waals surface area contributed by atoms with E-state index >= 15 is 0 Å². The number of nitrogens with one attached hydrogen (secondary N) is 1. The SMILES string of the molecule is CCC(C)(CO)NC(=O)c1cc(SC)ccc1[N+](=O)[O-]. The van der Waals surface area contributed by atoms with Crippen molar-refractivity contribution < 1.29 is 14.8 Å². The van der Waals surface area contributed by atoms with E-state index in [0.717, 1.165) is 4.90 Å². The molecule has 0 bridgehead atoms. The Labute approximate surface area is 121 Å². The van der Waals surface area contributed by atoms with Crippen LogP contribution in [0.1, 0.15) is 30.6 Å². The van der Waals surface area contributed by atoms with Crippen LogP contribution in [0.2, 0.25) is 0 Å². The van der Waals surface area contributed by atoms with E-state index in [4.69, 9.17) is 0 Å². The molecule has 0 spiro atoms. The van der Waals surface area contributed by atoms with Gasteiger partial charge in [0.25, 0.3) is 11.6 Å². The Bertz CT molecular complexity index is 515. The lowest BCUT2D eigenvalue weighted by Gasteiger charge is -2.27. The van der Waals surface area contributed by atoms with Gasteiger partial charge in [-0.15, -0.1) is 11.8 Å². The maximum atomic E-state index is 12.2. The Balaban J connectivity index is 3.16. The summed E-state index contributed by atoms with van der Waals surface area (Å²) in [6.07, 6.45) is 2.35. The first kappa shape index (κ1) is 16.5. The summed E-state index contributed by atoms with van der Waals surface area (Å²) >= 11 is 1.40. The van der Waals surface area contributed by atoms with Gasteiger partial charge in [-0.25, -0.2) is 0 Å². The zero-order valence-corrected chi connectivity index (χ0v) is 12.5. The minimum Gasteiger partial charge on any atom is -0.394 e. The van der Waals surface area contributed by atoms with Crippen molar-refractivity contribution in [1.82, 2.24) is 5.32 Å². The Morgan fingerprint density at radius 1 is 1.55 bits per heavy atom. The van der Waals surface area contributed by atoms with E-state index in [9.17, 15) is 20.0 Å². The number of carbonyl (C=O) groups is 1. The highest BCUT2D eigenvalue weighted by atomic mass is 32.2. The molecule has 110 valence electrons. The van der Waals surface area contributed by atoms with Crippen molar-refractivity contribution in [2.75, 3.05) is 12.9 Å². The smallest absolute Gasteiger partial charge is 0.282 e. The number of nitro groups is 1. The molecule has 0 radical (unpaired) electrons. The minimum atomic E-state index is -0.791. The fourth-order valence-electron chi connectivity index (χ4n) is 1.56. The Hall–Kier alpha value is -1.60. The Morgan fingerprint density at radius 2 is 2.20 bits per heavy atom. The molecule has 0 aliphatic carbocycles. The largest absolute Gasteiger partial charge is 0.394 e. The quantitative estimate of drug-likeness (QED) is 0.477. The molecular weight excluding hydrogens is 280 g/mol. The topological polar surface area (TPSA) is 92.5 Å². The molecule has 0 saturated carbocycles. The number of thioether (sulfide) groups is 1. The van der Waals surface area contributed by atoms with Gasteiger partial charge in [0.05, 0.1) is 17.1 Å². The summed E-state index contributed by atoms with van der Waals surface area (Å²) in [7, 11) is 0. The minimum absolute atomic E-state index is 0.00924. The maximum absolute atomic E-state index is 12.2. The van der Waals surface area contributed by atoms with Gasteiger partial charge in [0.15, 0.2) is 0 Å². The summed E-state index contributed by atoms with van der Waals surface area (Å²) in [6.45, 7) is 3.28. The van der Waals surface area contributed by atoms with Crippen LogP contribution in [0.4, 0.5) is 5.69 Å². The van der Waals surface area contributed by atoms with Crippen molar-refractivity contribution in [3.8, 4) is 0 Å². The molecule has 6 nitrogen and oxygen atoms in total. The molecule has 1 amide bonds. The molecule has 7 heteroatoms. The second-order valence-corrected chi connectivity index (χ2v) is 5.55. The zero-order chi connectivity index (χ0) is 15.3. The molecule has 0 saturated heterocycles. The van der Waals surface area contributed by atoms with E-state index in [1.54, 1.807) is 13.0 Å². The predicted octanol–water partition coefficient (Wildman–Crippen LogP) is 2.21. The average molecular weight is 298 g/mol. The monoisotopic (exact) mass is 298 g/mol. The van der Waals surface area contributed by atoms with Crippen LogP contribution in [0.25, 0.3) is 0 Å². The van der Waals surface area contributed by atoms with E-state index in [1.165, 1.54) is 23.9 Å². The van der Waals surface area contributed by atoms with Crippen LogP contribution in [-0.4, -0.2) is 34.3 Å². The highest BCUT2D eigenvalue weighted by molar-refractivity contribution is 7.98.